The average molecular weight is 431 g/mol. The van der Waals surface area contributed by atoms with Crippen molar-refractivity contribution < 1.29 is 19.8 Å². The van der Waals surface area contributed by atoms with E-state index in [1.165, 1.54) is 17.0 Å². The number of phenolic OH excluding ortho intramolecular Hbond substituents is 1. The number of imidazole rings is 1. The lowest BCUT2D eigenvalue weighted by atomic mass is 9.93. The molecule has 164 valence electrons. The van der Waals surface area contributed by atoms with Gasteiger partial charge in [0.05, 0.1) is 17.9 Å². The van der Waals surface area contributed by atoms with Gasteiger partial charge in [-0.05, 0) is 49.6 Å². The van der Waals surface area contributed by atoms with Crippen LogP contribution < -0.4 is 0 Å². The number of hydrogen-bond acceptors (Lipinski definition) is 5. The van der Waals surface area contributed by atoms with E-state index in [9.17, 15) is 19.8 Å². The topological polar surface area (TPSA) is 95.7 Å². The monoisotopic (exact) mass is 431 g/mol. The lowest BCUT2D eigenvalue weighted by Crippen LogP contribution is -2.31. The standard InChI is InChI=1S/C25H25N3O4/c1-16-4-5-17(2)20(14-16)23(30)21-22(18-6-8-19(29)9-7-18)28(25(32)24(21)31)12-3-11-27-13-10-26-15-27/h4-10,13-15,22,29-30H,3,11-12H2,1-2H3/b23-21+. The molecule has 1 atom stereocenters. The van der Waals surface area contributed by atoms with Gasteiger partial charge >= 0.3 is 0 Å². The molecule has 0 saturated carbocycles. The molecule has 0 radical (unpaired) electrons. The number of aromatic hydroxyl groups is 1. The SMILES string of the molecule is Cc1ccc(C)c(/C(O)=C2\C(=O)C(=O)N(CCCn3ccnc3)C2c2ccc(O)cc2)c1. The molecule has 1 unspecified atom stereocenters. The molecule has 4 rings (SSSR count). The van der Waals surface area contributed by atoms with E-state index in [0.717, 1.165) is 11.1 Å². The zero-order chi connectivity index (χ0) is 22.8. The van der Waals surface area contributed by atoms with Crippen LogP contribution in [0, 0.1) is 13.8 Å². The smallest absolute Gasteiger partial charge is 0.295 e. The molecule has 1 aromatic heterocycles. The summed E-state index contributed by atoms with van der Waals surface area (Å²) in [5.74, 6) is -1.44. The van der Waals surface area contributed by atoms with Crippen LogP contribution in [0.3, 0.4) is 0 Å². The second-order valence-electron chi connectivity index (χ2n) is 8.06. The Morgan fingerprint density at radius 3 is 2.50 bits per heavy atom. The Hall–Kier alpha value is -3.87. The first-order valence-electron chi connectivity index (χ1n) is 10.5. The van der Waals surface area contributed by atoms with Crippen molar-refractivity contribution in [1.29, 1.82) is 0 Å². The Labute approximate surface area is 186 Å². The Kier molecular flexibility index (Phi) is 5.81. The van der Waals surface area contributed by atoms with Gasteiger partial charge in [0.1, 0.15) is 11.5 Å². The fourth-order valence-electron chi connectivity index (χ4n) is 4.09. The molecule has 0 aliphatic carbocycles. The summed E-state index contributed by atoms with van der Waals surface area (Å²) < 4.78 is 1.91. The molecule has 2 aromatic carbocycles. The van der Waals surface area contributed by atoms with E-state index in [-0.39, 0.29) is 17.1 Å². The number of aryl methyl sites for hydroxylation is 3. The number of benzene rings is 2. The molecule has 1 fully saturated rings. The highest BCUT2D eigenvalue weighted by Crippen LogP contribution is 2.40. The fourth-order valence-corrected chi connectivity index (χ4v) is 4.09. The van der Waals surface area contributed by atoms with E-state index in [1.807, 2.05) is 42.8 Å². The number of Topliss-reactive ketones (excluding diaryl/α,β-unsaturated/α-hetero) is 1. The summed E-state index contributed by atoms with van der Waals surface area (Å²) >= 11 is 0. The minimum Gasteiger partial charge on any atom is -0.508 e. The van der Waals surface area contributed by atoms with Crippen molar-refractivity contribution in [3.05, 3.63) is 89.0 Å². The van der Waals surface area contributed by atoms with Crippen LogP contribution >= 0.6 is 0 Å². The largest absolute Gasteiger partial charge is 0.508 e. The number of amides is 1. The number of likely N-dealkylation sites (tertiary alicyclic amines) is 1. The van der Waals surface area contributed by atoms with Gasteiger partial charge in [-0.1, -0.05) is 29.8 Å². The van der Waals surface area contributed by atoms with E-state index < -0.39 is 17.7 Å². The normalized spacial score (nSPS) is 17.8. The second kappa shape index (κ2) is 8.70. The van der Waals surface area contributed by atoms with Crippen LogP contribution in [0.25, 0.3) is 5.76 Å². The summed E-state index contributed by atoms with van der Waals surface area (Å²) in [5, 5.41) is 20.9. The number of ketones is 1. The molecule has 1 amide bonds. The Bertz CT molecular complexity index is 1180. The van der Waals surface area contributed by atoms with Crippen LogP contribution in [0.15, 0.2) is 66.8 Å². The van der Waals surface area contributed by atoms with Crippen molar-refractivity contribution in [1.82, 2.24) is 14.5 Å². The average Bonchev–Trinajstić information content (AvgIpc) is 3.38. The van der Waals surface area contributed by atoms with Gasteiger partial charge in [-0.2, -0.15) is 0 Å². The van der Waals surface area contributed by atoms with Crippen molar-refractivity contribution in [2.75, 3.05) is 6.54 Å². The number of aromatic nitrogens is 2. The van der Waals surface area contributed by atoms with Gasteiger partial charge in [0.2, 0.25) is 0 Å². The highest BCUT2D eigenvalue weighted by molar-refractivity contribution is 6.46. The first-order valence-corrected chi connectivity index (χ1v) is 10.5. The van der Waals surface area contributed by atoms with Crippen LogP contribution in [0.4, 0.5) is 0 Å². The predicted molar refractivity (Wildman–Crippen MR) is 120 cm³/mol. The van der Waals surface area contributed by atoms with Crippen molar-refractivity contribution in [3.8, 4) is 5.75 Å². The van der Waals surface area contributed by atoms with Crippen LogP contribution in [0.5, 0.6) is 5.75 Å². The number of carbonyl (C=O) groups excluding carboxylic acids is 2. The summed E-state index contributed by atoms with van der Waals surface area (Å²) in [6, 6.07) is 11.2. The van der Waals surface area contributed by atoms with Crippen molar-refractivity contribution in [3.63, 3.8) is 0 Å². The lowest BCUT2D eigenvalue weighted by molar-refractivity contribution is -0.139. The van der Waals surface area contributed by atoms with E-state index >= 15 is 0 Å². The van der Waals surface area contributed by atoms with Gasteiger partial charge in [0.15, 0.2) is 0 Å². The number of phenols is 1. The van der Waals surface area contributed by atoms with Gasteiger partial charge < -0.3 is 19.7 Å². The lowest BCUT2D eigenvalue weighted by Gasteiger charge is -2.25. The molecule has 1 aliphatic rings. The van der Waals surface area contributed by atoms with Crippen LogP contribution in [0.2, 0.25) is 0 Å². The zero-order valence-electron chi connectivity index (χ0n) is 18.0. The minimum atomic E-state index is -0.738. The number of aliphatic hydroxyl groups is 1. The van der Waals surface area contributed by atoms with E-state index in [1.54, 1.807) is 24.7 Å². The van der Waals surface area contributed by atoms with E-state index in [2.05, 4.69) is 4.98 Å². The number of rotatable bonds is 6. The number of aliphatic hydroxyl groups excluding tert-OH is 1. The quantitative estimate of drug-likeness (QED) is 0.352. The molecule has 3 aromatic rings. The Morgan fingerprint density at radius 1 is 1.06 bits per heavy atom. The highest BCUT2D eigenvalue weighted by atomic mass is 16.3. The zero-order valence-corrected chi connectivity index (χ0v) is 18.0. The molecule has 2 heterocycles. The third kappa shape index (κ3) is 4.01. The third-order valence-electron chi connectivity index (χ3n) is 5.77. The molecule has 2 N–H and O–H groups in total. The molecular weight excluding hydrogens is 406 g/mol. The Morgan fingerprint density at radius 2 is 1.81 bits per heavy atom. The van der Waals surface area contributed by atoms with Gasteiger partial charge in [0.25, 0.3) is 11.7 Å². The molecule has 0 spiro atoms. The summed E-state index contributed by atoms with van der Waals surface area (Å²) in [4.78, 5) is 31.6. The van der Waals surface area contributed by atoms with E-state index in [0.29, 0.717) is 30.6 Å². The van der Waals surface area contributed by atoms with Gasteiger partial charge in [-0.15, -0.1) is 0 Å². The van der Waals surface area contributed by atoms with Gasteiger partial charge in [0, 0.05) is 31.0 Å². The number of hydrogen-bond donors (Lipinski definition) is 2. The number of nitrogens with zero attached hydrogens (tertiary/aromatic N) is 3. The summed E-state index contributed by atoms with van der Waals surface area (Å²) in [7, 11) is 0. The second-order valence-corrected chi connectivity index (χ2v) is 8.06. The van der Waals surface area contributed by atoms with Gasteiger partial charge in [-0.25, -0.2) is 4.98 Å². The fraction of sp³-hybridized carbons (Fsp3) is 0.240. The first-order chi connectivity index (χ1) is 15.4. The predicted octanol–water partition coefficient (Wildman–Crippen LogP) is 3.72. The molecule has 32 heavy (non-hydrogen) atoms. The summed E-state index contributed by atoms with van der Waals surface area (Å²) in [6.07, 6.45) is 5.84. The maximum atomic E-state index is 13.1. The minimum absolute atomic E-state index is 0.0667. The Balaban J connectivity index is 1.76. The maximum absolute atomic E-state index is 13.1. The molecule has 7 nitrogen and oxygen atoms in total. The molecule has 0 bridgehead atoms. The van der Waals surface area contributed by atoms with Crippen LogP contribution in [0.1, 0.15) is 34.7 Å². The molecule has 1 aliphatic heterocycles. The van der Waals surface area contributed by atoms with Crippen LogP contribution in [-0.2, 0) is 16.1 Å². The van der Waals surface area contributed by atoms with Crippen molar-refractivity contribution in [2.24, 2.45) is 0 Å². The molecule has 7 heteroatoms. The summed E-state index contributed by atoms with van der Waals surface area (Å²) in [6.45, 7) is 4.73. The maximum Gasteiger partial charge on any atom is 0.295 e. The first kappa shape index (κ1) is 21.4. The van der Waals surface area contributed by atoms with Crippen molar-refractivity contribution >= 4 is 17.4 Å². The number of carbonyl (C=O) groups is 2. The highest BCUT2D eigenvalue weighted by Gasteiger charge is 2.45. The molecule has 1 saturated heterocycles. The van der Waals surface area contributed by atoms with E-state index in [4.69, 9.17) is 0 Å². The molecular formula is C25H25N3O4. The summed E-state index contributed by atoms with van der Waals surface area (Å²) in [5.41, 5.74) is 3.00. The van der Waals surface area contributed by atoms with Gasteiger partial charge in [-0.3, -0.25) is 9.59 Å². The third-order valence-corrected chi connectivity index (χ3v) is 5.77. The van der Waals surface area contributed by atoms with Crippen LogP contribution in [-0.4, -0.2) is 42.9 Å². The van der Waals surface area contributed by atoms with Crippen molar-refractivity contribution in [2.45, 2.75) is 32.9 Å².